The topological polar surface area (TPSA) is 74.9 Å². The number of nitrogens with two attached hydrogens (primary N) is 1. The fourth-order valence-corrected chi connectivity index (χ4v) is 1.71. The highest BCUT2D eigenvalue weighted by molar-refractivity contribution is 6.33. The summed E-state index contributed by atoms with van der Waals surface area (Å²) < 4.78 is 0. The van der Waals surface area contributed by atoms with Gasteiger partial charge in [-0.2, -0.15) is 5.10 Å². The van der Waals surface area contributed by atoms with Crippen LogP contribution in [0, 0.1) is 0 Å². The summed E-state index contributed by atoms with van der Waals surface area (Å²) in [4.78, 5) is 0. The molecular weight excluding hydrogens is 261 g/mol. The van der Waals surface area contributed by atoms with Gasteiger partial charge < -0.3 is 10.8 Å². The quantitative estimate of drug-likeness (QED) is 0.802. The van der Waals surface area contributed by atoms with E-state index in [1.807, 2.05) is 18.2 Å². The zero-order valence-electron chi connectivity index (χ0n) is 8.93. The molecule has 0 bridgehead atoms. The summed E-state index contributed by atoms with van der Waals surface area (Å²) in [6.07, 6.45) is 1.66. The standard InChI is InChI=1S/C11H12ClN3O.ClH/c12-9-2-1-7(10(13)6-16)5-8(9)11-3-4-14-15-11;/h1-5,10,16H,6,13H2,(H,14,15);1H. The van der Waals surface area contributed by atoms with Crippen LogP contribution in [0.3, 0.4) is 0 Å². The third-order valence-electron chi connectivity index (χ3n) is 2.41. The fourth-order valence-electron chi connectivity index (χ4n) is 1.49. The molecule has 1 atom stereocenters. The minimum absolute atomic E-state index is 0. The predicted octanol–water partition coefficient (Wildman–Crippen LogP) is 2.14. The average Bonchev–Trinajstić information content (AvgIpc) is 2.82. The largest absolute Gasteiger partial charge is 0.394 e. The molecule has 2 rings (SSSR count). The number of aromatic amines is 1. The Kier molecular flexibility index (Phi) is 4.96. The van der Waals surface area contributed by atoms with Crippen molar-refractivity contribution in [2.24, 2.45) is 5.73 Å². The molecule has 1 aromatic carbocycles. The smallest absolute Gasteiger partial charge is 0.0665 e. The molecule has 0 spiro atoms. The lowest BCUT2D eigenvalue weighted by atomic mass is 10.0. The maximum Gasteiger partial charge on any atom is 0.0665 e. The van der Waals surface area contributed by atoms with Crippen molar-refractivity contribution in [2.75, 3.05) is 6.61 Å². The number of H-pyrrole nitrogens is 1. The highest BCUT2D eigenvalue weighted by Crippen LogP contribution is 2.28. The molecule has 0 saturated heterocycles. The van der Waals surface area contributed by atoms with Gasteiger partial charge in [0, 0.05) is 16.8 Å². The highest BCUT2D eigenvalue weighted by Gasteiger charge is 2.09. The predicted molar refractivity (Wildman–Crippen MR) is 70.3 cm³/mol. The van der Waals surface area contributed by atoms with E-state index < -0.39 is 0 Å². The number of aliphatic hydroxyl groups is 1. The van der Waals surface area contributed by atoms with Gasteiger partial charge in [0.05, 0.1) is 18.3 Å². The molecular formula is C11H13Cl2N3O. The van der Waals surface area contributed by atoms with Crippen LogP contribution < -0.4 is 5.73 Å². The van der Waals surface area contributed by atoms with E-state index in [1.54, 1.807) is 12.3 Å². The van der Waals surface area contributed by atoms with Crippen molar-refractivity contribution in [1.29, 1.82) is 0 Å². The van der Waals surface area contributed by atoms with Gasteiger partial charge >= 0.3 is 0 Å². The first kappa shape index (κ1) is 14.0. The minimum Gasteiger partial charge on any atom is -0.394 e. The lowest BCUT2D eigenvalue weighted by Crippen LogP contribution is -2.14. The Hall–Kier alpha value is -1.07. The van der Waals surface area contributed by atoms with Crippen molar-refractivity contribution < 1.29 is 5.11 Å². The van der Waals surface area contributed by atoms with Gasteiger partial charge in [-0.3, -0.25) is 5.10 Å². The van der Waals surface area contributed by atoms with Gasteiger partial charge in [-0.15, -0.1) is 12.4 Å². The first-order chi connectivity index (χ1) is 7.72. The third-order valence-corrected chi connectivity index (χ3v) is 2.74. The molecule has 92 valence electrons. The van der Waals surface area contributed by atoms with Crippen LogP contribution >= 0.6 is 24.0 Å². The molecule has 1 unspecified atom stereocenters. The number of benzene rings is 1. The molecule has 4 nitrogen and oxygen atoms in total. The van der Waals surface area contributed by atoms with E-state index in [2.05, 4.69) is 10.2 Å². The normalized spacial score (nSPS) is 11.9. The Morgan fingerprint density at radius 2 is 2.18 bits per heavy atom. The Morgan fingerprint density at radius 3 is 2.76 bits per heavy atom. The number of hydrogen-bond donors (Lipinski definition) is 3. The summed E-state index contributed by atoms with van der Waals surface area (Å²) in [5.74, 6) is 0. The van der Waals surface area contributed by atoms with Gasteiger partial charge in [-0.05, 0) is 23.8 Å². The SMILES string of the molecule is Cl.NC(CO)c1ccc(Cl)c(-c2ccn[nH]2)c1. The van der Waals surface area contributed by atoms with Crippen LogP contribution in [0.2, 0.25) is 5.02 Å². The second-order valence-electron chi connectivity index (χ2n) is 3.50. The second kappa shape index (κ2) is 6.02. The Morgan fingerprint density at radius 1 is 1.41 bits per heavy atom. The second-order valence-corrected chi connectivity index (χ2v) is 3.91. The number of aliphatic hydroxyl groups excluding tert-OH is 1. The summed E-state index contributed by atoms with van der Waals surface area (Å²) in [6, 6.07) is 6.87. The first-order valence-electron chi connectivity index (χ1n) is 4.88. The number of nitrogens with one attached hydrogen (secondary N) is 1. The Labute approximate surface area is 110 Å². The molecule has 1 heterocycles. The van der Waals surface area contributed by atoms with Crippen LogP contribution in [0.25, 0.3) is 11.3 Å². The maximum absolute atomic E-state index is 9.00. The van der Waals surface area contributed by atoms with Crippen LogP contribution in [-0.2, 0) is 0 Å². The van der Waals surface area contributed by atoms with Gasteiger partial charge in [0.25, 0.3) is 0 Å². The molecule has 0 saturated carbocycles. The molecule has 4 N–H and O–H groups in total. The summed E-state index contributed by atoms with van der Waals surface area (Å²) in [5, 5.41) is 16.3. The Bertz CT molecular complexity index is 474. The summed E-state index contributed by atoms with van der Waals surface area (Å²) in [6.45, 7) is -0.0932. The summed E-state index contributed by atoms with van der Waals surface area (Å²) >= 11 is 6.08. The number of rotatable bonds is 3. The number of halogens is 2. The van der Waals surface area contributed by atoms with E-state index in [0.717, 1.165) is 16.8 Å². The molecule has 0 aliphatic carbocycles. The monoisotopic (exact) mass is 273 g/mol. The lowest BCUT2D eigenvalue weighted by molar-refractivity contribution is 0.268. The van der Waals surface area contributed by atoms with Crippen molar-refractivity contribution >= 4 is 24.0 Å². The van der Waals surface area contributed by atoms with Crippen molar-refractivity contribution in [3.05, 3.63) is 41.0 Å². The zero-order valence-corrected chi connectivity index (χ0v) is 10.5. The van der Waals surface area contributed by atoms with Gasteiger partial charge in [-0.25, -0.2) is 0 Å². The highest BCUT2D eigenvalue weighted by atomic mass is 35.5. The van der Waals surface area contributed by atoms with E-state index in [0.29, 0.717) is 5.02 Å². The molecule has 17 heavy (non-hydrogen) atoms. The number of nitrogens with zero attached hydrogens (tertiary/aromatic N) is 1. The minimum atomic E-state index is -0.390. The molecule has 2 aromatic rings. The number of hydrogen-bond acceptors (Lipinski definition) is 3. The molecule has 1 aromatic heterocycles. The van der Waals surface area contributed by atoms with Crippen molar-refractivity contribution in [3.63, 3.8) is 0 Å². The van der Waals surface area contributed by atoms with Crippen LogP contribution in [0.4, 0.5) is 0 Å². The van der Waals surface area contributed by atoms with Gasteiger partial charge in [0.2, 0.25) is 0 Å². The van der Waals surface area contributed by atoms with E-state index >= 15 is 0 Å². The van der Waals surface area contributed by atoms with Crippen molar-refractivity contribution in [2.45, 2.75) is 6.04 Å². The van der Waals surface area contributed by atoms with Crippen LogP contribution in [-0.4, -0.2) is 21.9 Å². The Balaban J connectivity index is 0.00000144. The van der Waals surface area contributed by atoms with E-state index in [-0.39, 0.29) is 25.1 Å². The molecule has 6 heteroatoms. The summed E-state index contributed by atoms with van der Waals surface area (Å²) in [5.41, 5.74) is 8.26. The van der Waals surface area contributed by atoms with Crippen molar-refractivity contribution in [1.82, 2.24) is 10.2 Å². The van der Waals surface area contributed by atoms with Gasteiger partial charge in [-0.1, -0.05) is 17.7 Å². The van der Waals surface area contributed by atoms with Gasteiger partial charge in [0.15, 0.2) is 0 Å². The number of aromatic nitrogens is 2. The lowest BCUT2D eigenvalue weighted by Gasteiger charge is -2.10. The van der Waals surface area contributed by atoms with Crippen LogP contribution in [0.1, 0.15) is 11.6 Å². The average molecular weight is 274 g/mol. The van der Waals surface area contributed by atoms with Gasteiger partial charge in [0.1, 0.15) is 0 Å². The van der Waals surface area contributed by atoms with E-state index in [1.165, 1.54) is 0 Å². The molecule has 0 aliphatic heterocycles. The van der Waals surface area contributed by atoms with E-state index in [9.17, 15) is 0 Å². The molecule has 0 amide bonds. The fraction of sp³-hybridized carbons (Fsp3) is 0.182. The molecule has 0 aliphatic rings. The van der Waals surface area contributed by atoms with Crippen LogP contribution in [0.5, 0.6) is 0 Å². The maximum atomic E-state index is 9.00. The summed E-state index contributed by atoms with van der Waals surface area (Å²) in [7, 11) is 0. The molecule has 0 fully saturated rings. The zero-order chi connectivity index (χ0) is 11.5. The third kappa shape index (κ3) is 2.98. The van der Waals surface area contributed by atoms with E-state index in [4.69, 9.17) is 22.4 Å². The molecule has 0 radical (unpaired) electrons. The van der Waals surface area contributed by atoms with Crippen molar-refractivity contribution in [3.8, 4) is 11.3 Å². The van der Waals surface area contributed by atoms with Crippen LogP contribution in [0.15, 0.2) is 30.5 Å². The first-order valence-corrected chi connectivity index (χ1v) is 5.26.